The molecule has 0 aromatic carbocycles. The molecular weight excluding hydrogens is 222 g/mol. The molecule has 0 spiro atoms. The molecule has 16 heavy (non-hydrogen) atoms. The molecule has 0 saturated carbocycles. The number of thioether (sulfide) groups is 1. The van der Waals surface area contributed by atoms with E-state index in [1.54, 1.807) is 6.26 Å². The van der Waals surface area contributed by atoms with E-state index < -0.39 is 5.54 Å². The van der Waals surface area contributed by atoms with Crippen LogP contribution in [0.3, 0.4) is 0 Å². The molecule has 1 aromatic rings. The number of rotatable bonds is 8. The van der Waals surface area contributed by atoms with Gasteiger partial charge in [0, 0.05) is 5.54 Å². The lowest BCUT2D eigenvalue weighted by Gasteiger charge is -2.21. The summed E-state index contributed by atoms with van der Waals surface area (Å²) in [5.41, 5.74) is 5.43. The van der Waals surface area contributed by atoms with Gasteiger partial charge in [-0.15, -0.1) is 0 Å². The fourth-order valence-electron chi connectivity index (χ4n) is 1.38. The fourth-order valence-corrected chi connectivity index (χ4v) is 2.30. The maximum absolute atomic E-state index is 8.98. The van der Waals surface area contributed by atoms with E-state index >= 15 is 0 Å². The molecule has 0 aliphatic carbocycles. The lowest BCUT2D eigenvalue weighted by Crippen LogP contribution is -2.39. The van der Waals surface area contributed by atoms with Crippen LogP contribution in [0.25, 0.3) is 0 Å². The van der Waals surface area contributed by atoms with Crippen LogP contribution in [-0.4, -0.2) is 23.0 Å². The lowest BCUT2D eigenvalue weighted by molar-refractivity contribution is 0.198. The van der Waals surface area contributed by atoms with E-state index in [2.05, 4.69) is 0 Å². The molecule has 0 fully saturated rings. The first-order chi connectivity index (χ1) is 7.64. The van der Waals surface area contributed by atoms with Crippen molar-refractivity contribution in [3.63, 3.8) is 0 Å². The molecule has 0 aliphatic rings. The first-order valence-corrected chi connectivity index (χ1v) is 6.79. The topological polar surface area (TPSA) is 59.4 Å². The summed E-state index contributed by atoms with van der Waals surface area (Å²) in [7, 11) is 0. The Kier molecular flexibility index (Phi) is 5.95. The van der Waals surface area contributed by atoms with Gasteiger partial charge < -0.3 is 15.3 Å². The molecule has 4 heteroatoms. The lowest BCUT2D eigenvalue weighted by atomic mass is 9.98. The van der Waals surface area contributed by atoms with Crippen molar-refractivity contribution in [2.75, 3.05) is 12.4 Å². The molecule has 1 atom stereocenters. The Labute approximate surface area is 101 Å². The highest BCUT2D eigenvalue weighted by Crippen LogP contribution is 2.16. The second kappa shape index (κ2) is 6.99. The van der Waals surface area contributed by atoms with Gasteiger partial charge in [-0.05, 0) is 37.7 Å². The number of unbranched alkanes of at least 4 members (excludes halogenated alkanes) is 1. The van der Waals surface area contributed by atoms with Crippen molar-refractivity contribution in [1.29, 1.82) is 0 Å². The molecule has 1 heterocycles. The highest BCUT2D eigenvalue weighted by Gasteiger charge is 2.15. The van der Waals surface area contributed by atoms with Crippen molar-refractivity contribution >= 4 is 11.8 Å². The van der Waals surface area contributed by atoms with E-state index in [-0.39, 0.29) is 6.61 Å². The second-order valence-electron chi connectivity index (χ2n) is 4.40. The smallest absolute Gasteiger partial charge is 0.113 e. The average Bonchev–Trinajstić information content (AvgIpc) is 2.76. The van der Waals surface area contributed by atoms with Crippen LogP contribution < -0.4 is 5.73 Å². The summed E-state index contributed by atoms with van der Waals surface area (Å²) in [6.45, 7) is 1.95. The Morgan fingerprint density at radius 1 is 1.50 bits per heavy atom. The van der Waals surface area contributed by atoms with Crippen LogP contribution in [0.5, 0.6) is 0 Å². The van der Waals surface area contributed by atoms with E-state index in [0.29, 0.717) is 0 Å². The average molecular weight is 243 g/mol. The van der Waals surface area contributed by atoms with Crippen molar-refractivity contribution in [2.24, 2.45) is 5.73 Å². The summed E-state index contributed by atoms with van der Waals surface area (Å²) < 4.78 is 5.24. The Morgan fingerprint density at radius 2 is 2.31 bits per heavy atom. The molecule has 1 aromatic heterocycles. The Bertz CT molecular complexity index is 273. The van der Waals surface area contributed by atoms with Crippen LogP contribution in [0, 0.1) is 0 Å². The van der Waals surface area contributed by atoms with Gasteiger partial charge in [-0.1, -0.05) is 6.42 Å². The van der Waals surface area contributed by atoms with E-state index in [1.807, 2.05) is 30.8 Å². The molecule has 92 valence electrons. The minimum Gasteiger partial charge on any atom is -0.468 e. The second-order valence-corrected chi connectivity index (χ2v) is 5.51. The van der Waals surface area contributed by atoms with Crippen LogP contribution >= 0.6 is 11.8 Å². The fraction of sp³-hybridized carbons (Fsp3) is 0.667. The predicted molar refractivity (Wildman–Crippen MR) is 68.4 cm³/mol. The van der Waals surface area contributed by atoms with Crippen molar-refractivity contribution < 1.29 is 9.52 Å². The Morgan fingerprint density at radius 3 is 2.94 bits per heavy atom. The Hall–Kier alpha value is -0.450. The molecule has 0 aliphatic heterocycles. The van der Waals surface area contributed by atoms with Gasteiger partial charge in [-0.3, -0.25) is 0 Å². The van der Waals surface area contributed by atoms with Crippen molar-refractivity contribution in [3.8, 4) is 0 Å². The van der Waals surface area contributed by atoms with E-state index in [1.165, 1.54) is 0 Å². The molecule has 0 amide bonds. The molecule has 1 unspecified atom stereocenters. The Balaban J connectivity index is 1.96. The summed E-state index contributed by atoms with van der Waals surface area (Å²) >= 11 is 1.87. The summed E-state index contributed by atoms with van der Waals surface area (Å²) in [6.07, 6.45) is 4.79. The van der Waals surface area contributed by atoms with Gasteiger partial charge in [0.1, 0.15) is 5.76 Å². The first kappa shape index (κ1) is 13.6. The van der Waals surface area contributed by atoms with Gasteiger partial charge in [0.15, 0.2) is 0 Å². The monoisotopic (exact) mass is 243 g/mol. The number of hydrogen-bond donors (Lipinski definition) is 2. The van der Waals surface area contributed by atoms with Gasteiger partial charge in [-0.2, -0.15) is 11.8 Å². The van der Waals surface area contributed by atoms with Gasteiger partial charge in [0.25, 0.3) is 0 Å². The molecule has 0 radical (unpaired) electrons. The third-order valence-corrected chi connectivity index (χ3v) is 3.54. The minimum absolute atomic E-state index is 0.0620. The highest BCUT2D eigenvalue weighted by atomic mass is 32.2. The van der Waals surface area contributed by atoms with Crippen molar-refractivity contribution in [2.45, 2.75) is 37.5 Å². The molecule has 0 saturated heterocycles. The van der Waals surface area contributed by atoms with E-state index in [9.17, 15) is 0 Å². The number of nitrogens with two attached hydrogens (primary N) is 1. The van der Waals surface area contributed by atoms with Crippen molar-refractivity contribution in [1.82, 2.24) is 0 Å². The third-order valence-electron chi connectivity index (χ3n) is 2.47. The largest absolute Gasteiger partial charge is 0.468 e. The maximum atomic E-state index is 8.98. The van der Waals surface area contributed by atoms with E-state index in [4.69, 9.17) is 15.3 Å². The summed E-state index contributed by atoms with van der Waals surface area (Å²) in [6, 6.07) is 3.91. The number of aliphatic hydroxyl groups is 1. The minimum atomic E-state index is -0.411. The summed E-state index contributed by atoms with van der Waals surface area (Å²) in [5.74, 6) is 3.08. The van der Waals surface area contributed by atoms with Crippen LogP contribution in [0.1, 0.15) is 31.9 Å². The predicted octanol–water partition coefficient (Wildman–Crippen LogP) is 2.39. The SMILES string of the molecule is CC(N)(CO)CCCCSCc1ccco1. The molecule has 0 bridgehead atoms. The standard InChI is InChI=1S/C12H21NO2S/c1-12(13,10-14)6-2-3-8-16-9-11-5-4-7-15-11/h4-5,7,14H,2-3,6,8-10,13H2,1H3. The summed E-state index contributed by atoms with van der Waals surface area (Å²) in [4.78, 5) is 0. The zero-order chi connectivity index (χ0) is 11.9. The number of aliphatic hydroxyl groups excluding tert-OH is 1. The molecule has 1 rings (SSSR count). The number of furan rings is 1. The molecular formula is C12H21NO2S. The van der Waals surface area contributed by atoms with E-state index in [0.717, 1.165) is 36.5 Å². The highest BCUT2D eigenvalue weighted by molar-refractivity contribution is 7.98. The quantitative estimate of drug-likeness (QED) is 0.688. The first-order valence-electron chi connectivity index (χ1n) is 5.64. The van der Waals surface area contributed by atoms with Gasteiger partial charge in [0.2, 0.25) is 0 Å². The van der Waals surface area contributed by atoms with Crippen LogP contribution in [0.15, 0.2) is 22.8 Å². The van der Waals surface area contributed by atoms with Crippen LogP contribution in [0.2, 0.25) is 0 Å². The normalized spacial score (nSPS) is 14.9. The number of hydrogen-bond acceptors (Lipinski definition) is 4. The summed E-state index contributed by atoms with van der Waals surface area (Å²) in [5, 5.41) is 8.98. The van der Waals surface area contributed by atoms with Crippen molar-refractivity contribution in [3.05, 3.63) is 24.2 Å². The zero-order valence-corrected chi connectivity index (χ0v) is 10.6. The third kappa shape index (κ3) is 5.58. The molecule has 3 nitrogen and oxygen atoms in total. The van der Waals surface area contributed by atoms with Gasteiger partial charge >= 0.3 is 0 Å². The molecule has 3 N–H and O–H groups in total. The van der Waals surface area contributed by atoms with Gasteiger partial charge in [0.05, 0.1) is 18.6 Å². The zero-order valence-electron chi connectivity index (χ0n) is 9.82. The van der Waals surface area contributed by atoms with Crippen LogP contribution in [0.4, 0.5) is 0 Å². The maximum Gasteiger partial charge on any atom is 0.113 e. The van der Waals surface area contributed by atoms with Gasteiger partial charge in [-0.25, -0.2) is 0 Å². The van der Waals surface area contributed by atoms with Crippen LogP contribution in [-0.2, 0) is 5.75 Å².